The molecule has 0 amide bonds. The number of unbranched alkanes of at least 4 members (excludes halogenated alkanes) is 5. The molecule has 0 atom stereocenters. The zero-order chi connectivity index (χ0) is 25.3. The van der Waals surface area contributed by atoms with Crippen molar-refractivity contribution >= 4 is 0 Å². The number of aryl methyl sites for hydroxylation is 1. The number of aromatic amines is 1. The van der Waals surface area contributed by atoms with Crippen LogP contribution in [0.5, 0.6) is 0 Å². The summed E-state index contributed by atoms with van der Waals surface area (Å²) in [6.07, 6.45) is 7.96. The van der Waals surface area contributed by atoms with Crippen molar-refractivity contribution in [3.8, 4) is 22.5 Å². The molecular weight excluding hydrogens is 450 g/mol. The zero-order valence-electron chi connectivity index (χ0n) is 21.7. The second-order valence-electron chi connectivity index (χ2n) is 9.85. The lowest BCUT2D eigenvalue weighted by atomic mass is 9.98. The first-order chi connectivity index (χ1) is 17.6. The van der Waals surface area contributed by atoms with Crippen LogP contribution in [0, 0.1) is 5.92 Å². The van der Waals surface area contributed by atoms with Gasteiger partial charge in [0.15, 0.2) is 0 Å². The van der Waals surface area contributed by atoms with Gasteiger partial charge in [0, 0.05) is 18.5 Å². The van der Waals surface area contributed by atoms with Crippen molar-refractivity contribution in [3.63, 3.8) is 0 Å². The fraction of sp³-hybridized carbons (Fsp3) is 0.464. The third-order valence-corrected chi connectivity index (χ3v) is 6.43. The number of rotatable bonds is 13. The van der Waals surface area contributed by atoms with Gasteiger partial charge < -0.3 is 0 Å². The topological polar surface area (TPSA) is 94.3 Å². The SMILES string of the molecule is CCCCCCCCn1nc(CC(C)C)n(Cc2ccc(-c3ccccc3-c3nn[nH]n3)cc2)c1=O. The Labute approximate surface area is 212 Å². The molecule has 8 nitrogen and oxygen atoms in total. The summed E-state index contributed by atoms with van der Waals surface area (Å²) >= 11 is 0. The van der Waals surface area contributed by atoms with Gasteiger partial charge >= 0.3 is 5.69 Å². The third kappa shape index (κ3) is 6.36. The lowest BCUT2D eigenvalue weighted by Gasteiger charge is -2.10. The van der Waals surface area contributed by atoms with E-state index in [2.05, 4.69) is 71.7 Å². The summed E-state index contributed by atoms with van der Waals surface area (Å²) in [4.78, 5) is 13.2. The van der Waals surface area contributed by atoms with Crippen molar-refractivity contribution in [1.82, 2.24) is 35.0 Å². The minimum Gasteiger partial charge on any atom is -0.274 e. The standard InChI is InChI=1S/C28H37N7O/c1-4-5-6-7-8-11-18-35-28(36)34(26(31-35)19-21(2)3)20-22-14-16-23(17-15-22)24-12-9-10-13-25(24)27-29-32-33-30-27/h9-10,12-17,21H,4-8,11,18-20H2,1-3H3,(H,29,30,32,33). The highest BCUT2D eigenvalue weighted by Crippen LogP contribution is 2.29. The first-order valence-electron chi connectivity index (χ1n) is 13.2. The molecule has 0 saturated carbocycles. The van der Waals surface area contributed by atoms with Crippen LogP contribution in [0.15, 0.2) is 53.3 Å². The Hall–Kier alpha value is -3.55. The lowest BCUT2D eigenvalue weighted by Crippen LogP contribution is -2.26. The summed E-state index contributed by atoms with van der Waals surface area (Å²) < 4.78 is 3.52. The molecule has 36 heavy (non-hydrogen) atoms. The van der Waals surface area contributed by atoms with Gasteiger partial charge in [-0.3, -0.25) is 4.57 Å². The van der Waals surface area contributed by atoms with Crippen LogP contribution in [-0.2, 0) is 19.5 Å². The second kappa shape index (κ2) is 12.4. The quantitative estimate of drug-likeness (QED) is 0.251. The number of nitrogens with zero attached hydrogens (tertiary/aromatic N) is 6. The summed E-state index contributed by atoms with van der Waals surface area (Å²) in [5.74, 6) is 1.86. The monoisotopic (exact) mass is 487 g/mol. The van der Waals surface area contributed by atoms with E-state index < -0.39 is 0 Å². The molecule has 0 radical (unpaired) electrons. The van der Waals surface area contributed by atoms with Crippen LogP contribution in [0.3, 0.4) is 0 Å². The molecule has 0 aliphatic rings. The molecule has 0 aliphatic carbocycles. The molecule has 4 rings (SSSR count). The fourth-order valence-corrected chi connectivity index (χ4v) is 4.53. The molecule has 190 valence electrons. The largest absolute Gasteiger partial charge is 0.346 e. The highest BCUT2D eigenvalue weighted by atomic mass is 16.2. The molecule has 4 aromatic rings. The Morgan fingerprint density at radius 1 is 0.917 bits per heavy atom. The van der Waals surface area contributed by atoms with Crippen LogP contribution in [-0.4, -0.2) is 35.0 Å². The Morgan fingerprint density at radius 3 is 2.33 bits per heavy atom. The van der Waals surface area contributed by atoms with Crippen LogP contribution in [0.1, 0.15) is 70.7 Å². The smallest absolute Gasteiger partial charge is 0.274 e. The Morgan fingerprint density at radius 2 is 1.64 bits per heavy atom. The summed E-state index contributed by atoms with van der Waals surface area (Å²) in [6.45, 7) is 7.76. The van der Waals surface area contributed by atoms with E-state index in [9.17, 15) is 4.79 Å². The van der Waals surface area contributed by atoms with E-state index in [0.29, 0.717) is 24.8 Å². The second-order valence-corrected chi connectivity index (χ2v) is 9.85. The van der Waals surface area contributed by atoms with Crippen LogP contribution < -0.4 is 5.69 Å². The summed E-state index contributed by atoms with van der Waals surface area (Å²) in [5, 5.41) is 19.2. The zero-order valence-corrected chi connectivity index (χ0v) is 21.7. The van der Waals surface area contributed by atoms with E-state index in [1.807, 2.05) is 22.8 Å². The molecule has 0 saturated heterocycles. The number of benzene rings is 2. The van der Waals surface area contributed by atoms with Crippen molar-refractivity contribution in [2.24, 2.45) is 5.92 Å². The van der Waals surface area contributed by atoms with Gasteiger partial charge in [-0.1, -0.05) is 101 Å². The van der Waals surface area contributed by atoms with Crippen molar-refractivity contribution in [2.75, 3.05) is 0 Å². The summed E-state index contributed by atoms with van der Waals surface area (Å²) in [7, 11) is 0. The number of aromatic nitrogens is 7. The Bertz CT molecular complexity index is 1270. The van der Waals surface area contributed by atoms with Gasteiger partial charge in [-0.2, -0.15) is 10.3 Å². The molecule has 2 aromatic carbocycles. The average molecular weight is 488 g/mol. The van der Waals surface area contributed by atoms with E-state index in [4.69, 9.17) is 5.10 Å². The lowest BCUT2D eigenvalue weighted by molar-refractivity contribution is 0.509. The molecular formula is C28H37N7O. The molecule has 0 bridgehead atoms. The summed E-state index contributed by atoms with van der Waals surface area (Å²) in [5.41, 5.74) is 4.08. The average Bonchev–Trinajstić information content (AvgIpc) is 3.51. The van der Waals surface area contributed by atoms with Crippen molar-refractivity contribution in [2.45, 2.75) is 78.8 Å². The first-order valence-corrected chi connectivity index (χ1v) is 13.2. The number of H-pyrrole nitrogens is 1. The van der Waals surface area contributed by atoms with Crippen LogP contribution >= 0.6 is 0 Å². The van der Waals surface area contributed by atoms with Crippen LogP contribution in [0.25, 0.3) is 22.5 Å². The Balaban J connectivity index is 1.51. The molecule has 2 heterocycles. The molecule has 8 heteroatoms. The molecule has 0 unspecified atom stereocenters. The summed E-state index contributed by atoms with van der Waals surface area (Å²) in [6, 6.07) is 16.3. The minimum absolute atomic E-state index is 0.00858. The molecule has 0 fully saturated rings. The number of hydrogen-bond acceptors (Lipinski definition) is 5. The normalized spacial score (nSPS) is 11.4. The maximum atomic E-state index is 13.2. The minimum atomic E-state index is -0.00858. The predicted octanol–water partition coefficient (Wildman–Crippen LogP) is 5.50. The van der Waals surface area contributed by atoms with Gasteiger partial charge in [-0.15, -0.1) is 10.2 Å². The van der Waals surface area contributed by atoms with E-state index in [1.54, 1.807) is 4.68 Å². The van der Waals surface area contributed by atoms with Gasteiger partial charge in [0.1, 0.15) is 5.82 Å². The highest BCUT2D eigenvalue weighted by Gasteiger charge is 2.16. The Kier molecular flexibility index (Phi) is 8.81. The maximum absolute atomic E-state index is 13.2. The molecule has 1 N–H and O–H groups in total. The molecule has 2 aromatic heterocycles. The van der Waals surface area contributed by atoms with Crippen molar-refractivity contribution in [3.05, 3.63) is 70.4 Å². The first kappa shape index (κ1) is 25.5. The van der Waals surface area contributed by atoms with Crippen molar-refractivity contribution in [1.29, 1.82) is 0 Å². The molecule has 0 spiro atoms. The van der Waals surface area contributed by atoms with Gasteiger partial charge in [0.25, 0.3) is 0 Å². The number of tetrazole rings is 1. The van der Waals surface area contributed by atoms with E-state index in [1.165, 1.54) is 25.7 Å². The van der Waals surface area contributed by atoms with E-state index in [0.717, 1.165) is 47.3 Å². The van der Waals surface area contributed by atoms with Crippen LogP contribution in [0.4, 0.5) is 0 Å². The van der Waals surface area contributed by atoms with Gasteiger partial charge in [-0.05, 0) is 34.2 Å². The van der Waals surface area contributed by atoms with Gasteiger partial charge in [0.2, 0.25) is 5.82 Å². The van der Waals surface area contributed by atoms with Crippen LogP contribution in [0.2, 0.25) is 0 Å². The van der Waals surface area contributed by atoms with E-state index >= 15 is 0 Å². The van der Waals surface area contributed by atoms with Gasteiger partial charge in [-0.25, -0.2) is 9.48 Å². The fourth-order valence-electron chi connectivity index (χ4n) is 4.53. The van der Waals surface area contributed by atoms with E-state index in [-0.39, 0.29) is 5.69 Å². The highest BCUT2D eigenvalue weighted by molar-refractivity contribution is 5.80. The van der Waals surface area contributed by atoms with Gasteiger partial charge in [0.05, 0.1) is 6.54 Å². The van der Waals surface area contributed by atoms with Crippen molar-refractivity contribution < 1.29 is 0 Å². The molecule has 0 aliphatic heterocycles. The number of nitrogens with one attached hydrogen (secondary N) is 1. The third-order valence-electron chi connectivity index (χ3n) is 6.43. The maximum Gasteiger partial charge on any atom is 0.346 e. The number of hydrogen-bond donors (Lipinski definition) is 1. The predicted molar refractivity (Wildman–Crippen MR) is 143 cm³/mol.